The standard InChI is InChI=1S/C11H10N4OS/c1-6-8-3-2-7(4-9(8)17-15-6)11-13-10(5-12)16-14-11/h2-4H,5,12H2,1H3. The molecule has 17 heavy (non-hydrogen) atoms. The van der Waals surface area contributed by atoms with Crippen molar-refractivity contribution in [3.63, 3.8) is 0 Å². The molecule has 0 atom stereocenters. The summed E-state index contributed by atoms with van der Waals surface area (Å²) in [6, 6.07) is 6.02. The molecule has 0 spiro atoms. The summed E-state index contributed by atoms with van der Waals surface area (Å²) >= 11 is 1.47. The van der Waals surface area contributed by atoms with Gasteiger partial charge in [0.15, 0.2) is 0 Å². The monoisotopic (exact) mass is 246 g/mol. The van der Waals surface area contributed by atoms with Crippen LogP contribution in [0.15, 0.2) is 22.7 Å². The van der Waals surface area contributed by atoms with Crippen molar-refractivity contribution >= 4 is 21.6 Å². The topological polar surface area (TPSA) is 77.8 Å². The zero-order chi connectivity index (χ0) is 11.8. The van der Waals surface area contributed by atoms with Crippen LogP contribution in [0, 0.1) is 6.92 Å². The van der Waals surface area contributed by atoms with E-state index in [1.165, 1.54) is 16.9 Å². The summed E-state index contributed by atoms with van der Waals surface area (Å²) in [6.45, 7) is 2.26. The van der Waals surface area contributed by atoms with Crippen LogP contribution in [0.2, 0.25) is 0 Å². The summed E-state index contributed by atoms with van der Waals surface area (Å²) in [5.74, 6) is 1.01. The summed E-state index contributed by atoms with van der Waals surface area (Å²) in [5.41, 5.74) is 7.40. The van der Waals surface area contributed by atoms with E-state index < -0.39 is 0 Å². The lowest BCUT2D eigenvalue weighted by atomic mass is 10.1. The zero-order valence-electron chi connectivity index (χ0n) is 9.17. The van der Waals surface area contributed by atoms with Crippen molar-refractivity contribution in [2.75, 3.05) is 0 Å². The van der Waals surface area contributed by atoms with Crippen LogP contribution in [0.5, 0.6) is 0 Å². The molecule has 2 aromatic heterocycles. The first-order valence-electron chi connectivity index (χ1n) is 5.17. The van der Waals surface area contributed by atoms with E-state index in [9.17, 15) is 0 Å². The van der Waals surface area contributed by atoms with Gasteiger partial charge in [0.25, 0.3) is 0 Å². The zero-order valence-corrected chi connectivity index (χ0v) is 9.99. The number of nitrogens with zero attached hydrogens (tertiary/aromatic N) is 3. The fourth-order valence-electron chi connectivity index (χ4n) is 1.66. The number of hydrogen-bond acceptors (Lipinski definition) is 6. The van der Waals surface area contributed by atoms with Crippen LogP contribution in [-0.4, -0.2) is 14.5 Å². The number of fused-ring (bicyclic) bond motifs is 1. The number of aryl methyl sites for hydroxylation is 1. The quantitative estimate of drug-likeness (QED) is 0.749. The van der Waals surface area contributed by atoms with Gasteiger partial charge in [0.05, 0.1) is 16.9 Å². The Morgan fingerprint density at radius 1 is 1.41 bits per heavy atom. The molecule has 0 amide bonds. The number of benzene rings is 1. The molecule has 6 heteroatoms. The van der Waals surface area contributed by atoms with Crippen molar-refractivity contribution in [2.45, 2.75) is 13.5 Å². The molecule has 0 radical (unpaired) electrons. The third-order valence-corrected chi connectivity index (χ3v) is 3.45. The van der Waals surface area contributed by atoms with Crippen LogP contribution in [-0.2, 0) is 6.54 Å². The van der Waals surface area contributed by atoms with Gasteiger partial charge >= 0.3 is 0 Å². The maximum atomic E-state index is 5.43. The van der Waals surface area contributed by atoms with Gasteiger partial charge in [0.1, 0.15) is 0 Å². The number of aromatic nitrogens is 3. The molecular formula is C11H10N4OS. The van der Waals surface area contributed by atoms with Gasteiger partial charge in [-0.25, -0.2) is 0 Å². The van der Waals surface area contributed by atoms with Gasteiger partial charge in [0.2, 0.25) is 11.7 Å². The maximum Gasteiger partial charge on any atom is 0.240 e. The van der Waals surface area contributed by atoms with E-state index >= 15 is 0 Å². The van der Waals surface area contributed by atoms with Gasteiger partial charge < -0.3 is 10.3 Å². The Morgan fingerprint density at radius 3 is 3.06 bits per heavy atom. The first-order valence-corrected chi connectivity index (χ1v) is 5.94. The van der Waals surface area contributed by atoms with Crippen LogP contribution >= 0.6 is 11.5 Å². The highest BCUT2D eigenvalue weighted by atomic mass is 32.1. The van der Waals surface area contributed by atoms with Crippen LogP contribution in [0.4, 0.5) is 0 Å². The van der Waals surface area contributed by atoms with Crippen molar-refractivity contribution in [2.24, 2.45) is 5.73 Å². The van der Waals surface area contributed by atoms with E-state index in [-0.39, 0.29) is 6.54 Å². The Bertz CT molecular complexity index is 673. The first kappa shape index (κ1) is 10.4. The SMILES string of the molecule is Cc1nsc2cc(-c3noc(CN)n3)ccc12. The van der Waals surface area contributed by atoms with Gasteiger partial charge in [-0.15, -0.1) is 0 Å². The van der Waals surface area contributed by atoms with E-state index in [4.69, 9.17) is 10.3 Å². The molecule has 0 bridgehead atoms. The molecule has 0 saturated carbocycles. The molecule has 2 N–H and O–H groups in total. The summed E-state index contributed by atoms with van der Waals surface area (Å²) in [4.78, 5) is 4.19. The van der Waals surface area contributed by atoms with E-state index in [2.05, 4.69) is 14.5 Å². The van der Waals surface area contributed by atoms with Gasteiger partial charge in [-0.3, -0.25) is 0 Å². The van der Waals surface area contributed by atoms with Crippen molar-refractivity contribution < 1.29 is 4.52 Å². The molecule has 1 aromatic carbocycles. The minimum absolute atomic E-state index is 0.259. The maximum absolute atomic E-state index is 5.43. The van der Waals surface area contributed by atoms with Gasteiger partial charge in [-0.2, -0.15) is 9.36 Å². The van der Waals surface area contributed by atoms with Crippen LogP contribution in [0.1, 0.15) is 11.6 Å². The molecule has 2 heterocycles. The smallest absolute Gasteiger partial charge is 0.240 e. The third-order valence-electron chi connectivity index (χ3n) is 2.55. The molecule has 86 valence electrons. The molecular weight excluding hydrogens is 236 g/mol. The Kier molecular flexibility index (Phi) is 2.38. The van der Waals surface area contributed by atoms with Crippen molar-refractivity contribution in [1.29, 1.82) is 0 Å². The lowest BCUT2D eigenvalue weighted by Crippen LogP contribution is -1.95. The summed E-state index contributed by atoms with van der Waals surface area (Å²) < 4.78 is 10.4. The molecule has 0 fully saturated rings. The summed E-state index contributed by atoms with van der Waals surface area (Å²) in [6.07, 6.45) is 0. The minimum atomic E-state index is 0.259. The molecule has 5 nitrogen and oxygen atoms in total. The second-order valence-corrected chi connectivity index (χ2v) is 4.50. The van der Waals surface area contributed by atoms with Crippen LogP contribution in [0.25, 0.3) is 21.5 Å². The highest BCUT2D eigenvalue weighted by Gasteiger charge is 2.09. The normalized spacial score (nSPS) is 11.2. The predicted molar refractivity (Wildman–Crippen MR) is 65.5 cm³/mol. The summed E-state index contributed by atoms with van der Waals surface area (Å²) in [5, 5.41) is 5.06. The molecule has 3 aromatic rings. The van der Waals surface area contributed by atoms with Gasteiger partial charge in [-0.1, -0.05) is 17.3 Å². The fraction of sp³-hybridized carbons (Fsp3) is 0.182. The minimum Gasteiger partial charge on any atom is -0.338 e. The molecule has 0 saturated heterocycles. The van der Waals surface area contributed by atoms with E-state index in [1.54, 1.807) is 0 Å². The van der Waals surface area contributed by atoms with Gasteiger partial charge in [-0.05, 0) is 24.5 Å². The Labute approximate surface area is 101 Å². The molecule has 0 unspecified atom stereocenters. The number of nitrogens with two attached hydrogens (primary N) is 1. The van der Waals surface area contributed by atoms with Crippen molar-refractivity contribution in [3.8, 4) is 11.4 Å². The Balaban J connectivity index is 2.11. The second-order valence-electron chi connectivity index (χ2n) is 3.69. The molecule has 0 aliphatic rings. The third kappa shape index (κ3) is 1.71. The highest BCUT2D eigenvalue weighted by molar-refractivity contribution is 7.13. The highest BCUT2D eigenvalue weighted by Crippen LogP contribution is 2.27. The van der Waals surface area contributed by atoms with E-state index in [0.29, 0.717) is 11.7 Å². The van der Waals surface area contributed by atoms with Crippen molar-refractivity contribution in [1.82, 2.24) is 14.5 Å². The van der Waals surface area contributed by atoms with Crippen molar-refractivity contribution in [3.05, 3.63) is 29.8 Å². The lowest BCUT2D eigenvalue weighted by Gasteiger charge is -1.94. The Hall–Kier alpha value is -1.79. The molecule has 0 aliphatic heterocycles. The summed E-state index contributed by atoms with van der Waals surface area (Å²) in [7, 11) is 0. The largest absolute Gasteiger partial charge is 0.338 e. The number of hydrogen-bond donors (Lipinski definition) is 1. The van der Waals surface area contributed by atoms with Gasteiger partial charge in [0, 0.05) is 10.9 Å². The average molecular weight is 246 g/mol. The lowest BCUT2D eigenvalue weighted by molar-refractivity contribution is 0.380. The fourth-order valence-corrected chi connectivity index (χ4v) is 2.49. The predicted octanol–water partition coefficient (Wildman–Crippen LogP) is 2.11. The molecule has 3 rings (SSSR count). The second kappa shape index (κ2) is 3.90. The first-order chi connectivity index (χ1) is 8.28. The van der Waals surface area contributed by atoms with E-state index in [0.717, 1.165) is 16.0 Å². The van der Waals surface area contributed by atoms with Crippen LogP contribution in [0.3, 0.4) is 0 Å². The van der Waals surface area contributed by atoms with E-state index in [1.807, 2.05) is 25.1 Å². The molecule has 0 aliphatic carbocycles. The average Bonchev–Trinajstić information content (AvgIpc) is 2.96. The number of rotatable bonds is 2. The Morgan fingerprint density at radius 2 is 2.29 bits per heavy atom. The van der Waals surface area contributed by atoms with Crippen LogP contribution < -0.4 is 5.73 Å².